The first-order valence-electron chi connectivity index (χ1n) is 1.72. The van der Waals surface area contributed by atoms with E-state index in [-0.39, 0.29) is 7.34 Å². The largest absolute Gasteiger partial charge is 0.303 e. The zero-order chi connectivity index (χ0) is 4.28. The zero-order valence-electron chi connectivity index (χ0n) is 3.56. The van der Waals surface area contributed by atoms with E-state index in [0.717, 1.165) is 6.29 Å². The molecule has 0 spiro atoms. The Morgan fingerprint density at radius 3 is 2.00 bits per heavy atom. The highest BCUT2D eigenvalue weighted by Gasteiger charge is 1.79. The van der Waals surface area contributed by atoms with Crippen molar-refractivity contribution in [3.05, 3.63) is 0 Å². The van der Waals surface area contributed by atoms with Gasteiger partial charge in [-0.3, -0.25) is 0 Å². The summed E-state index contributed by atoms with van der Waals surface area (Å²) in [5, 5.41) is 0. The summed E-state index contributed by atoms with van der Waals surface area (Å²) in [5.41, 5.74) is 0. The van der Waals surface area contributed by atoms with E-state index in [1.807, 2.05) is 13.8 Å². The minimum Gasteiger partial charge on any atom is -0.303 e. The maximum atomic E-state index is 9.50. The fourth-order valence-corrected chi connectivity index (χ4v) is 0. The quantitative estimate of drug-likeness (QED) is 0.425. The van der Waals surface area contributed by atoms with E-state index in [2.05, 4.69) is 0 Å². The summed E-state index contributed by atoms with van der Waals surface area (Å²) in [5.74, 6) is 0.204. The third-order valence-electron chi connectivity index (χ3n) is 0.272. The number of carbonyl (C=O) groups is 1. The van der Waals surface area contributed by atoms with Crippen molar-refractivity contribution in [2.24, 2.45) is 5.92 Å². The summed E-state index contributed by atoms with van der Waals surface area (Å²) in [7, 11) is 0. The molecule has 0 atom stereocenters. The van der Waals surface area contributed by atoms with Gasteiger partial charge in [-0.05, 0) is 0 Å². The molecule has 0 aliphatic carbocycles. The van der Waals surface area contributed by atoms with Crippen LogP contribution in [0.3, 0.4) is 0 Å². The first-order valence-corrected chi connectivity index (χ1v) is 1.72. The van der Waals surface area contributed by atoms with Gasteiger partial charge < -0.3 is 4.79 Å². The standard InChI is InChI=1S/C4H8O.H2/c1-4(2)3-5;/h3-4H,1-2H3;1H. The molecule has 0 aliphatic rings. The van der Waals surface area contributed by atoms with Gasteiger partial charge in [0.2, 0.25) is 0 Å². The summed E-state index contributed by atoms with van der Waals surface area (Å²) >= 11 is 0. The highest BCUT2D eigenvalue weighted by molar-refractivity contribution is 5.51. The maximum Gasteiger partial charge on any atom is 0.122 e. The van der Waals surface area contributed by atoms with Crippen molar-refractivity contribution in [1.82, 2.24) is 0 Å². The fourth-order valence-electron chi connectivity index (χ4n) is 0. The van der Waals surface area contributed by atoms with Crippen LogP contribution in [0, 0.1) is 5.92 Å². The molecule has 0 amide bonds. The lowest BCUT2D eigenvalue weighted by molar-refractivity contribution is -0.110. The Labute approximate surface area is 33.5 Å². The molecule has 1 heteroatoms. The fraction of sp³-hybridized carbons (Fsp3) is 0.750. The summed E-state index contributed by atoms with van der Waals surface area (Å²) in [4.78, 5) is 9.50. The maximum absolute atomic E-state index is 9.50. The van der Waals surface area contributed by atoms with Crippen LogP contribution in [0.1, 0.15) is 15.3 Å². The minimum absolute atomic E-state index is 0. The molecule has 0 aromatic heterocycles. The van der Waals surface area contributed by atoms with Crippen molar-refractivity contribution >= 4 is 6.29 Å². The second-order valence-corrected chi connectivity index (χ2v) is 1.38. The van der Waals surface area contributed by atoms with Gasteiger partial charge >= 0.3 is 0 Å². The predicted molar refractivity (Wildman–Crippen MR) is 23.0 cm³/mol. The van der Waals surface area contributed by atoms with Crippen LogP contribution in [-0.2, 0) is 4.79 Å². The second kappa shape index (κ2) is 1.94. The predicted octanol–water partition coefficient (Wildman–Crippen LogP) is 1.09. The molecule has 0 aliphatic heterocycles. The molecule has 0 radical (unpaired) electrons. The Bertz CT molecular complexity index is 34.5. The number of carbonyl (C=O) groups excluding carboxylic acids is 1. The van der Waals surface area contributed by atoms with Crippen molar-refractivity contribution in [1.29, 1.82) is 0 Å². The van der Waals surface area contributed by atoms with Gasteiger partial charge in [0, 0.05) is 7.34 Å². The van der Waals surface area contributed by atoms with Crippen molar-refractivity contribution in [3.8, 4) is 0 Å². The Hall–Kier alpha value is -0.330. The summed E-state index contributed by atoms with van der Waals surface area (Å²) in [6.45, 7) is 3.71. The van der Waals surface area contributed by atoms with E-state index in [9.17, 15) is 4.79 Å². The molecule has 0 N–H and O–H groups in total. The normalized spacial score (nSPS) is 8.60. The van der Waals surface area contributed by atoms with E-state index >= 15 is 0 Å². The Balaban J connectivity index is 0. The lowest BCUT2D eigenvalue weighted by atomic mass is 10.3. The molecule has 0 fully saturated rings. The van der Waals surface area contributed by atoms with E-state index in [1.54, 1.807) is 0 Å². The third kappa shape index (κ3) is 3.67. The van der Waals surface area contributed by atoms with Crippen LogP contribution in [0.25, 0.3) is 0 Å². The van der Waals surface area contributed by atoms with Gasteiger partial charge in [0.25, 0.3) is 0 Å². The summed E-state index contributed by atoms with van der Waals surface area (Å²) in [6.07, 6.45) is 0.917. The first-order chi connectivity index (χ1) is 2.27. The highest BCUT2D eigenvalue weighted by atomic mass is 16.1. The van der Waals surface area contributed by atoms with E-state index < -0.39 is 0 Å². The molecule has 0 unspecified atom stereocenters. The Morgan fingerprint density at radius 2 is 2.00 bits per heavy atom. The molecule has 0 aromatic carbocycles. The first kappa shape index (κ1) is 4.67. The molecule has 1 nitrogen and oxygen atoms in total. The zero-order valence-corrected chi connectivity index (χ0v) is 3.56. The smallest absolute Gasteiger partial charge is 0.122 e. The average Bonchev–Trinajstić information content (AvgIpc) is 1.38. The highest BCUT2D eigenvalue weighted by Crippen LogP contribution is 1.78. The van der Waals surface area contributed by atoms with Gasteiger partial charge in [-0.25, -0.2) is 0 Å². The lowest BCUT2D eigenvalue weighted by Crippen LogP contribution is -1.82. The molecule has 5 heavy (non-hydrogen) atoms. The molecule has 0 rings (SSSR count). The summed E-state index contributed by atoms with van der Waals surface area (Å²) < 4.78 is 0. The molecular weight excluding hydrogens is 64.0 g/mol. The molecular formula is C4H10O. The van der Waals surface area contributed by atoms with Crippen LogP contribution in [0.5, 0.6) is 0 Å². The minimum atomic E-state index is 0. The van der Waals surface area contributed by atoms with Crippen LogP contribution in [0.15, 0.2) is 0 Å². The molecule has 0 bridgehead atoms. The van der Waals surface area contributed by atoms with Gasteiger partial charge in [-0.15, -0.1) is 0 Å². The molecule has 0 saturated heterocycles. The number of rotatable bonds is 1. The lowest BCUT2D eigenvalue weighted by Gasteiger charge is -1.78. The number of hydrogen-bond donors (Lipinski definition) is 0. The van der Waals surface area contributed by atoms with Gasteiger partial charge in [-0.1, -0.05) is 13.8 Å². The molecule has 32 valence electrons. The van der Waals surface area contributed by atoms with Gasteiger partial charge in [0.05, 0.1) is 0 Å². The van der Waals surface area contributed by atoms with Crippen LogP contribution >= 0.6 is 0 Å². The van der Waals surface area contributed by atoms with Crippen molar-refractivity contribution in [2.45, 2.75) is 13.8 Å². The van der Waals surface area contributed by atoms with E-state index in [1.165, 1.54) is 0 Å². The average molecular weight is 74.1 g/mol. The van der Waals surface area contributed by atoms with Crippen molar-refractivity contribution in [2.75, 3.05) is 0 Å². The topological polar surface area (TPSA) is 17.1 Å². The van der Waals surface area contributed by atoms with E-state index in [0.29, 0.717) is 0 Å². The monoisotopic (exact) mass is 74.1 g/mol. The number of hydrogen-bond acceptors (Lipinski definition) is 1. The Kier molecular flexibility index (Phi) is 1.81. The van der Waals surface area contributed by atoms with Gasteiger partial charge in [0.15, 0.2) is 0 Å². The second-order valence-electron chi connectivity index (χ2n) is 1.38. The SMILES string of the molecule is CC(C)C=O.[HH]. The van der Waals surface area contributed by atoms with E-state index in [4.69, 9.17) is 0 Å². The summed E-state index contributed by atoms with van der Waals surface area (Å²) in [6, 6.07) is 0. The van der Waals surface area contributed by atoms with Crippen LogP contribution in [0.2, 0.25) is 0 Å². The third-order valence-corrected chi connectivity index (χ3v) is 0.272. The van der Waals surface area contributed by atoms with Crippen LogP contribution in [-0.4, -0.2) is 6.29 Å². The number of aldehydes is 1. The molecule has 0 saturated carbocycles. The van der Waals surface area contributed by atoms with Gasteiger partial charge in [-0.2, -0.15) is 0 Å². The molecule has 0 aromatic rings. The Morgan fingerprint density at radius 1 is 1.80 bits per heavy atom. The van der Waals surface area contributed by atoms with Crippen molar-refractivity contribution < 1.29 is 6.22 Å². The molecule has 0 heterocycles. The van der Waals surface area contributed by atoms with Crippen molar-refractivity contribution in [3.63, 3.8) is 0 Å². The van der Waals surface area contributed by atoms with Crippen LogP contribution in [0.4, 0.5) is 0 Å². The van der Waals surface area contributed by atoms with Crippen LogP contribution < -0.4 is 0 Å². The van der Waals surface area contributed by atoms with Gasteiger partial charge in [0.1, 0.15) is 6.29 Å².